The molecule has 0 radical (unpaired) electrons. The molecule has 1 aromatic heterocycles. The highest BCUT2D eigenvalue weighted by atomic mass is 16.6. The Kier molecular flexibility index (Phi) is 2.03. The molecule has 1 heterocycles. The molecule has 0 spiro atoms. The van der Waals surface area contributed by atoms with Crippen molar-refractivity contribution in [2.24, 2.45) is 7.05 Å². The van der Waals surface area contributed by atoms with E-state index in [9.17, 15) is 10.1 Å². The lowest BCUT2D eigenvalue weighted by Gasteiger charge is -2.02. The Hall–Kier alpha value is -2.11. The maximum atomic E-state index is 10.7. The van der Waals surface area contributed by atoms with Crippen molar-refractivity contribution in [1.82, 2.24) is 9.78 Å². The molecular formula is C9H9N3O3. The van der Waals surface area contributed by atoms with Gasteiger partial charge in [0.15, 0.2) is 5.75 Å². The van der Waals surface area contributed by atoms with Gasteiger partial charge in [-0.15, -0.1) is 0 Å². The van der Waals surface area contributed by atoms with Crippen LogP contribution in [0.15, 0.2) is 18.3 Å². The molecule has 1 aromatic carbocycles. The standard InChI is InChI=1S/C9H9N3O3/c1-11-7-4-9(15-2)8(12(13)14)3-6(7)5-10-11/h3-5H,1-2H3. The second kappa shape index (κ2) is 3.23. The topological polar surface area (TPSA) is 70.2 Å². The van der Waals surface area contributed by atoms with Crippen molar-refractivity contribution in [1.29, 1.82) is 0 Å². The van der Waals surface area contributed by atoms with Gasteiger partial charge in [0.25, 0.3) is 0 Å². The fourth-order valence-corrected chi connectivity index (χ4v) is 1.47. The highest BCUT2D eigenvalue weighted by molar-refractivity contribution is 5.83. The molecule has 6 nitrogen and oxygen atoms in total. The van der Waals surface area contributed by atoms with Gasteiger partial charge < -0.3 is 4.74 Å². The summed E-state index contributed by atoms with van der Waals surface area (Å²) < 4.78 is 6.60. The lowest BCUT2D eigenvalue weighted by Crippen LogP contribution is -1.95. The Labute approximate surface area is 85.2 Å². The zero-order valence-corrected chi connectivity index (χ0v) is 8.30. The number of rotatable bonds is 2. The summed E-state index contributed by atoms with van der Waals surface area (Å²) in [7, 11) is 3.18. The molecular weight excluding hydrogens is 198 g/mol. The number of fused-ring (bicyclic) bond motifs is 1. The quantitative estimate of drug-likeness (QED) is 0.552. The molecule has 0 aliphatic carbocycles. The molecule has 0 fully saturated rings. The number of hydrogen-bond acceptors (Lipinski definition) is 4. The highest BCUT2D eigenvalue weighted by Crippen LogP contribution is 2.31. The van der Waals surface area contributed by atoms with Crippen molar-refractivity contribution >= 4 is 16.6 Å². The van der Waals surface area contributed by atoms with E-state index in [1.54, 1.807) is 24.0 Å². The molecule has 0 aliphatic heterocycles. The summed E-state index contributed by atoms with van der Waals surface area (Å²) in [5, 5.41) is 15.5. The van der Waals surface area contributed by atoms with Crippen molar-refractivity contribution in [3.63, 3.8) is 0 Å². The van der Waals surface area contributed by atoms with Crippen LogP contribution in [-0.4, -0.2) is 21.8 Å². The number of aryl methyl sites for hydroxylation is 1. The van der Waals surface area contributed by atoms with Crippen molar-refractivity contribution in [3.8, 4) is 5.75 Å². The third-order valence-electron chi connectivity index (χ3n) is 2.24. The summed E-state index contributed by atoms with van der Waals surface area (Å²) in [5.41, 5.74) is 0.760. The van der Waals surface area contributed by atoms with Gasteiger partial charge >= 0.3 is 5.69 Å². The lowest BCUT2D eigenvalue weighted by molar-refractivity contribution is -0.385. The molecule has 0 amide bonds. The molecule has 0 saturated carbocycles. The van der Waals surface area contributed by atoms with E-state index < -0.39 is 4.92 Å². The van der Waals surface area contributed by atoms with Crippen LogP contribution in [0.2, 0.25) is 0 Å². The first-order valence-electron chi connectivity index (χ1n) is 4.27. The average Bonchev–Trinajstić information content (AvgIpc) is 2.58. The van der Waals surface area contributed by atoms with Gasteiger partial charge in [0.05, 0.1) is 23.7 Å². The predicted octanol–water partition coefficient (Wildman–Crippen LogP) is 1.49. The van der Waals surface area contributed by atoms with Crippen LogP contribution in [-0.2, 0) is 7.05 Å². The van der Waals surface area contributed by atoms with Crippen LogP contribution >= 0.6 is 0 Å². The van der Waals surface area contributed by atoms with Crippen LogP contribution in [0, 0.1) is 10.1 Å². The molecule has 0 saturated heterocycles. The monoisotopic (exact) mass is 207 g/mol. The minimum absolute atomic E-state index is 0.0435. The zero-order valence-electron chi connectivity index (χ0n) is 8.30. The number of methoxy groups -OCH3 is 1. The van der Waals surface area contributed by atoms with Gasteiger partial charge in [-0.1, -0.05) is 0 Å². The Balaban J connectivity index is 2.76. The summed E-state index contributed by atoms with van der Waals surface area (Å²) in [6.45, 7) is 0. The van der Waals surface area contributed by atoms with Crippen molar-refractivity contribution in [3.05, 3.63) is 28.4 Å². The molecule has 0 atom stereocenters. The smallest absolute Gasteiger partial charge is 0.311 e. The van der Waals surface area contributed by atoms with Gasteiger partial charge in [0.1, 0.15) is 0 Å². The number of nitrogens with zero attached hydrogens (tertiary/aromatic N) is 3. The van der Waals surface area contributed by atoms with Gasteiger partial charge in [-0.05, 0) is 0 Å². The average molecular weight is 207 g/mol. The fraction of sp³-hybridized carbons (Fsp3) is 0.222. The summed E-state index contributed by atoms with van der Waals surface area (Å²) in [6, 6.07) is 3.07. The second-order valence-corrected chi connectivity index (χ2v) is 3.11. The van der Waals surface area contributed by atoms with E-state index in [2.05, 4.69) is 5.10 Å². The van der Waals surface area contributed by atoms with E-state index in [1.165, 1.54) is 13.2 Å². The van der Waals surface area contributed by atoms with E-state index in [-0.39, 0.29) is 11.4 Å². The minimum atomic E-state index is -0.467. The first-order valence-corrected chi connectivity index (χ1v) is 4.27. The molecule has 2 aromatic rings. The Bertz CT molecular complexity index is 533. The van der Waals surface area contributed by atoms with Crippen LogP contribution in [0.4, 0.5) is 5.69 Å². The Morgan fingerprint density at radius 2 is 2.27 bits per heavy atom. The number of nitro groups is 1. The molecule has 15 heavy (non-hydrogen) atoms. The Morgan fingerprint density at radius 1 is 1.53 bits per heavy atom. The molecule has 2 rings (SSSR count). The van der Waals surface area contributed by atoms with Gasteiger partial charge in [-0.2, -0.15) is 5.10 Å². The van der Waals surface area contributed by atoms with Crippen molar-refractivity contribution in [2.75, 3.05) is 7.11 Å². The maximum absolute atomic E-state index is 10.7. The van der Waals surface area contributed by atoms with Crippen LogP contribution in [0.5, 0.6) is 5.75 Å². The van der Waals surface area contributed by atoms with Gasteiger partial charge in [0.2, 0.25) is 0 Å². The highest BCUT2D eigenvalue weighted by Gasteiger charge is 2.17. The third-order valence-corrected chi connectivity index (χ3v) is 2.24. The summed E-state index contributed by atoms with van der Waals surface area (Å²) in [4.78, 5) is 10.3. The van der Waals surface area contributed by atoms with Crippen molar-refractivity contribution in [2.45, 2.75) is 0 Å². The van der Waals surface area contributed by atoms with Gasteiger partial charge in [0, 0.05) is 24.6 Å². The molecule has 0 aliphatic rings. The number of ether oxygens (including phenoxy) is 1. The largest absolute Gasteiger partial charge is 0.490 e. The van der Waals surface area contributed by atoms with Crippen LogP contribution in [0.1, 0.15) is 0 Å². The van der Waals surface area contributed by atoms with E-state index in [0.717, 1.165) is 10.9 Å². The molecule has 78 valence electrons. The van der Waals surface area contributed by atoms with Crippen LogP contribution < -0.4 is 4.74 Å². The third kappa shape index (κ3) is 1.39. The predicted molar refractivity (Wildman–Crippen MR) is 53.9 cm³/mol. The van der Waals surface area contributed by atoms with E-state index in [1.807, 2.05) is 0 Å². The summed E-state index contributed by atoms with van der Waals surface area (Å²) >= 11 is 0. The summed E-state index contributed by atoms with van der Waals surface area (Å²) in [5.74, 6) is 0.246. The van der Waals surface area contributed by atoms with Gasteiger partial charge in [-0.3, -0.25) is 14.8 Å². The Morgan fingerprint density at radius 3 is 2.87 bits per heavy atom. The van der Waals surface area contributed by atoms with Gasteiger partial charge in [-0.25, -0.2) is 0 Å². The van der Waals surface area contributed by atoms with E-state index >= 15 is 0 Å². The van der Waals surface area contributed by atoms with Crippen LogP contribution in [0.25, 0.3) is 10.9 Å². The van der Waals surface area contributed by atoms with E-state index in [0.29, 0.717) is 0 Å². The lowest BCUT2D eigenvalue weighted by atomic mass is 10.2. The SMILES string of the molecule is COc1cc2c(cnn2C)cc1[N+](=O)[O-]. The fourth-order valence-electron chi connectivity index (χ4n) is 1.47. The molecule has 0 N–H and O–H groups in total. The minimum Gasteiger partial charge on any atom is -0.490 e. The molecule has 6 heteroatoms. The normalized spacial score (nSPS) is 10.5. The first kappa shape index (κ1) is 9.45. The first-order chi connectivity index (χ1) is 7.13. The van der Waals surface area contributed by atoms with Crippen LogP contribution in [0.3, 0.4) is 0 Å². The van der Waals surface area contributed by atoms with E-state index in [4.69, 9.17) is 4.74 Å². The molecule has 0 unspecified atom stereocenters. The number of hydrogen-bond donors (Lipinski definition) is 0. The molecule has 0 bridgehead atoms. The number of benzene rings is 1. The number of aromatic nitrogens is 2. The number of nitro benzene ring substituents is 1. The second-order valence-electron chi connectivity index (χ2n) is 3.11. The zero-order chi connectivity index (χ0) is 11.0. The van der Waals surface area contributed by atoms with Crippen molar-refractivity contribution < 1.29 is 9.66 Å². The summed E-state index contributed by atoms with van der Waals surface area (Å²) in [6.07, 6.45) is 1.59. The maximum Gasteiger partial charge on any atom is 0.311 e.